The van der Waals surface area contributed by atoms with Gasteiger partial charge in [-0.1, -0.05) is 6.07 Å². The fourth-order valence-corrected chi connectivity index (χ4v) is 2.72. The summed E-state index contributed by atoms with van der Waals surface area (Å²) in [5.74, 6) is 0.251. The lowest BCUT2D eigenvalue weighted by molar-refractivity contribution is 0.0948. The van der Waals surface area contributed by atoms with Crippen molar-refractivity contribution in [3.8, 4) is 0 Å². The van der Waals surface area contributed by atoms with Gasteiger partial charge in [-0.05, 0) is 43.9 Å². The first-order valence-corrected chi connectivity index (χ1v) is 5.75. The fourth-order valence-electron chi connectivity index (χ4n) is 2.72. The number of rotatable bonds is 1. The highest BCUT2D eigenvalue weighted by molar-refractivity contribution is 6.00. The van der Waals surface area contributed by atoms with Gasteiger partial charge in [-0.25, -0.2) is 4.39 Å². The number of nitrogens with one attached hydrogen (secondary N) is 1. The lowest BCUT2D eigenvalue weighted by atomic mass is 9.77. The first-order chi connectivity index (χ1) is 7.60. The minimum atomic E-state index is -0.246. The number of benzene rings is 1. The van der Waals surface area contributed by atoms with Gasteiger partial charge in [0.1, 0.15) is 11.7 Å². The zero-order valence-corrected chi connectivity index (χ0v) is 9.39. The summed E-state index contributed by atoms with van der Waals surface area (Å²) < 4.78 is 13.1. The third-order valence-corrected chi connectivity index (χ3v) is 4.01. The Kier molecular flexibility index (Phi) is 1.88. The number of fused-ring (bicyclic) bond motifs is 1. The predicted molar refractivity (Wildman–Crippen MR) is 61.0 cm³/mol. The van der Waals surface area contributed by atoms with Gasteiger partial charge in [-0.2, -0.15) is 0 Å². The standard InChI is InChI=1S/C13H15FN2/c1-13(5-2-6-13)16-8-9-3-4-10(14)7-11(9)12(16)15/h3-4,7,15H,2,5-6,8H2,1H3. The Morgan fingerprint density at radius 3 is 2.75 bits per heavy atom. The molecule has 0 atom stereocenters. The first kappa shape index (κ1) is 9.82. The highest BCUT2D eigenvalue weighted by Gasteiger charge is 2.42. The second-order valence-electron chi connectivity index (χ2n) is 5.09. The third-order valence-electron chi connectivity index (χ3n) is 4.01. The average molecular weight is 218 g/mol. The summed E-state index contributed by atoms with van der Waals surface area (Å²) in [5, 5.41) is 8.14. The van der Waals surface area contributed by atoms with E-state index in [-0.39, 0.29) is 11.4 Å². The molecule has 0 aromatic heterocycles. The maximum atomic E-state index is 13.1. The largest absolute Gasteiger partial charge is 0.347 e. The molecule has 1 aromatic carbocycles. The molecule has 1 fully saturated rings. The van der Waals surface area contributed by atoms with Gasteiger partial charge in [0, 0.05) is 17.6 Å². The van der Waals surface area contributed by atoms with Crippen LogP contribution in [0.4, 0.5) is 4.39 Å². The first-order valence-electron chi connectivity index (χ1n) is 5.75. The van der Waals surface area contributed by atoms with E-state index in [0.29, 0.717) is 5.84 Å². The predicted octanol–water partition coefficient (Wildman–Crippen LogP) is 2.91. The van der Waals surface area contributed by atoms with Gasteiger partial charge >= 0.3 is 0 Å². The van der Waals surface area contributed by atoms with Crippen molar-refractivity contribution in [3.63, 3.8) is 0 Å². The molecule has 1 heterocycles. The molecule has 3 rings (SSSR count). The molecule has 0 spiro atoms. The molecule has 84 valence electrons. The van der Waals surface area contributed by atoms with Crippen LogP contribution in [0.2, 0.25) is 0 Å². The minimum absolute atomic E-state index is 0.132. The van der Waals surface area contributed by atoms with E-state index in [2.05, 4.69) is 11.8 Å². The molecule has 3 heteroatoms. The lowest BCUT2D eigenvalue weighted by Crippen LogP contribution is -2.51. The highest BCUT2D eigenvalue weighted by atomic mass is 19.1. The number of hydrogen-bond acceptors (Lipinski definition) is 1. The molecule has 1 saturated carbocycles. The SMILES string of the molecule is CC1(N2Cc3ccc(F)cc3C2=N)CCC1. The fraction of sp³-hybridized carbons (Fsp3) is 0.462. The van der Waals surface area contributed by atoms with Gasteiger partial charge in [-0.15, -0.1) is 0 Å². The number of hydrogen-bond donors (Lipinski definition) is 1. The zero-order valence-electron chi connectivity index (χ0n) is 9.39. The van der Waals surface area contributed by atoms with Crippen LogP contribution in [0.5, 0.6) is 0 Å². The Labute approximate surface area is 94.6 Å². The van der Waals surface area contributed by atoms with Crippen molar-refractivity contribution >= 4 is 5.84 Å². The van der Waals surface area contributed by atoms with E-state index in [4.69, 9.17) is 5.41 Å². The quantitative estimate of drug-likeness (QED) is 0.771. The summed E-state index contributed by atoms with van der Waals surface area (Å²) in [5.41, 5.74) is 1.99. The molecule has 0 radical (unpaired) electrons. The molecule has 16 heavy (non-hydrogen) atoms. The van der Waals surface area contributed by atoms with E-state index in [9.17, 15) is 4.39 Å². The van der Waals surface area contributed by atoms with Gasteiger partial charge in [0.15, 0.2) is 0 Å². The lowest BCUT2D eigenvalue weighted by Gasteiger charge is -2.47. The van der Waals surface area contributed by atoms with E-state index >= 15 is 0 Å². The molecule has 1 aliphatic carbocycles. The molecule has 0 saturated heterocycles. The van der Waals surface area contributed by atoms with Gasteiger partial charge in [0.2, 0.25) is 0 Å². The summed E-state index contributed by atoms with van der Waals surface area (Å²) in [7, 11) is 0. The van der Waals surface area contributed by atoms with Crippen molar-refractivity contribution in [1.82, 2.24) is 4.90 Å². The Morgan fingerprint density at radius 1 is 1.38 bits per heavy atom. The van der Waals surface area contributed by atoms with Crippen LogP contribution in [0.3, 0.4) is 0 Å². The van der Waals surface area contributed by atoms with Crippen LogP contribution in [0.1, 0.15) is 37.3 Å². The summed E-state index contributed by atoms with van der Waals surface area (Å²) in [6.45, 7) is 2.97. The molecule has 1 N–H and O–H groups in total. The normalized spacial score (nSPS) is 21.9. The van der Waals surface area contributed by atoms with E-state index in [0.717, 1.165) is 30.5 Å². The van der Waals surface area contributed by atoms with Crippen LogP contribution in [0, 0.1) is 11.2 Å². The second kappa shape index (κ2) is 3.06. The average Bonchev–Trinajstić information content (AvgIpc) is 2.53. The Morgan fingerprint density at radius 2 is 2.12 bits per heavy atom. The van der Waals surface area contributed by atoms with Crippen molar-refractivity contribution in [2.45, 2.75) is 38.3 Å². The number of halogens is 1. The van der Waals surface area contributed by atoms with Gasteiger partial charge < -0.3 is 4.90 Å². The summed E-state index contributed by atoms with van der Waals surface area (Å²) in [6.07, 6.45) is 3.53. The topological polar surface area (TPSA) is 27.1 Å². The summed E-state index contributed by atoms with van der Waals surface area (Å²) >= 11 is 0. The zero-order chi connectivity index (χ0) is 11.3. The van der Waals surface area contributed by atoms with Crippen molar-refractivity contribution in [1.29, 1.82) is 5.41 Å². The minimum Gasteiger partial charge on any atom is -0.347 e. The third kappa shape index (κ3) is 1.20. The van der Waals surface area contributed by atoms with E-state index in [1.807, 2.05) is 0 Å². The Bertz CT molecular complexity index is 463. The maximum absolute atomic E-state index is 13.1. The molecule has 0 amide bonds. The molecular weight excluding hydrogens is 203 g/mol. The number of nitrogens with zero attached hydrogens (tertiary/aromatic N) is 1. The monoisotopic (exact) mass is 218 g/mol. The van der Waals surface area contributed by atoms with Crippen LogP contribution in [-0.2, 0) is 6.54 Å². The van der Waals surface area contributed by atoms with Crippen LogP contribution in [-0.4, -0.2) is 16.3 Å². The van der Waals surface area contributed by atoms with Gasteiger partial charge in [-0.3, -0.25) is 5.41 Å². The molecule has 2 nitrogen and oxygen atoms in total. The van der Waals surface area contributed by atoms with E-state index < -0.39 is 0 Å². The molecular formula is C13H15FN2. The Hall–Kier alpha value is -1.38. The van der Waals surface area contributed by atoms with E-state index in [1.165, 1.54) is 18.6 Å². The molecule has 0 bridgehead atoms. The van der Waals surface area contributed by atoms with Crippen LogP contribution < -0.4 is 0 Å². The molecule has 1 aliphatic heterocycles. The van der Waals surface area contributed by atoms with Crippen molar-refractivity contribution in [2.24, 2.45) is 0 Å². The summed E-state index contributed by atoms with van der Waals surface area (Å²) in [6, 6.07) is 4.78. The van der Waals surface area contributed by atoms with Crippen LogP contribution >= 0.6 is 0 Å². The van der Waals surface area contributed by atoms with Crippen molar-refractivity contribution in [3.05, 3.63) is 35.1 Å². The molecule has 1 aromatic rings. The molecule has 0 unspecified atom stereocenters. The highest BCUT2D eigenvalue weighted by Crippen LogP contribution is 2.41. The van der Waals surface area contributed by atoms with Gasteiger partial charge in [0.25, 0.3) is 0 Å². The van der Waals surface area contributed by atoms with Crippen molar-refractivity contribution < 1.29 is 4.39 Å². The van der Waals surface area contributed by atoms with Crippen LogP contribution in [0.15, 0.2) is 18.2 Å². The number of amidine groups is 1. The van der Waals surface area contributed by atoms with Crippen LogP contribution in [0.25, 0.3) is 0 Å². The second-order valence-corrected chi connectivity index (χ2v) is 5.09. The van der Waals surface area contributed by atoms with E-state index in [1.54, 1.807) is 6.07 Å². The smallest absolute Gasteiger partial charge is 0.129 e. The molecule has 2 aliphatic rings. The Balaban J connectivity index is 1.97. The van der Waals surface area contributed by atoms with Crippen molar-refractivity contribution in [2.75, 3.05) is 0 Å². The summed E-state index contributed by atoms with van der Waals surface area (Å²) in [4.78, 5) is 2.13. The maximum Gasteiger partial charge on any atom is 0.129 e. The van der Waals surface area contributed by atoms with Gasteiger partial charge in [0.05, 0.1) is 0 Å².